The van der Waals surface area contributed by atoms with Crippen LogP contribution in [0.2, 0.25) is 0 Å². The number of ketones is 1. The Morgan fingerprint density at radius 1 is 1.11 bits per heavy atom. The summed E-state index contributed by atoms with van der Waals surface area (Å²) in [5, 5.41) is 0. The maximum absolute atomic E-state index is 11.9. The number of hydrogen-bond donors (Lipinski definition) is 0. The molecule has 0 aromatic rings. The highest BCUT2D eigenvalue weighted by atomic mass is 16.6. The molecule has 19 heavy (non-hydrogen) atoms. The minimum Gasteiger partial charge on any atom is -0.460 e. The van der Waals surface area contributed by atoms with E-state index in [9.17, 15) is 9.59 Å². The van der Waals surface area contributed by atoms with E-state index in [2.05, 4.69) is 13.8 Å². The second-order valence-electron chi connectivity index (χ2n) is 6.57. The number of carbonyl (C=O) groups excluding carboxylic acids is 2. The smallest absolute Gasteiger partial charge is 0.313 e. The van der Waals surface area contributed by atoms with Crippen LogP contribution in [-0.2, 0) is 14.3 Å². The van der Waals surface area contributed by atoms with Crippen LogP contribution in [0.25, 0.3) is 0 Å². The van der Waals surface area contributed by atoms with Gasteiger partial charge < -0.3 is 4.74 Å². The highest BCUT2D eigenvalue weighted by Crippen LogP contribution is 2.17. The van der Waals surface area contributed by atoms with Gasteiger partial charge in [0, 0.05) is 5.92 Å². The van der Waals surface area contributed by atoms with Crippen LogP contribution in [-0.4, -0.2) is 17.4 Å². The van der Waals surface area contributed by atoms with Gasteiger partial charge in [-0.3, -0.25) is 9.59 Å². The second-order valence-corrected chi connectivity index (χ2v) is 6.57. The maximum Gasteiger partial charge on any atom is 0.313 e. The van der Waals surface area contributed by atoms with Crippen molar-refractivity contribution in [3.05, 3.63) is 0 Å². The number of carbonyl (C=O) groups is 2. The number of hydrogen-bond acceptors (Lipinski definition) is 3. The molecule has 3 heteroatoms. The summed E-state index contributed by atoms with van der Waals surface area (Å²) < 4.78 is 5.16. The van der Waals surface area contributed by atoms with E-state index in [1.807, 2.05) is 27.7 Å². The third-order valence-corrected chi connectivity index (χ3v) is 3.32. The molecule has 0 aliphatic rings. The van der Waals surface area contributed by atoms with E-state index in [-0.39, 0.29) is 18.1 Å². The summed E-state index contributed by atoms with van der Waals surface area (Å²) >= 11 is 0. The van der Waals surface area contributed by atoms with Gasteiger partial charge in [-0.25, -0.2) is 0 Å². The number of ether oxygens (including phenoxy) is 1. The molecular formula is C16H30O3. The van der Waals surface area contributed by atoms with Crippen molar-refractivity contribution in [2.45, 2.75) is 79.2 Å². The average molecular weight is 270 g/mol. The molecule has 0 rings (SSSR count). The highest BCUT2D eigenvalue weighted by molar-refractivity contribution is 5.96. The van der Waals surface area contributed by atoms with E-state index < -0.39 is 11.6 Å². The Morgan fingerprint density at radius 2 is 1.68 bits per heavy atom. The molecule has 0 aliphatic carbocycles. The molecule has 3 nitrogen and oxygen atoms in total. The number of rotatable bonds is 8. The molecule has 2 atom stereocenters. The summed E-state index contributed by atoms with van der Waals surface area (Å²) in [7, 11) is 0. The normalized spacial score (nSPS) is 14.8. The van der Waals surface area contributed by atoms with Crippen molar-refractivity contribution in [3.63, 3.8) is 0 Å². The molecule has 0 saturated carbocycles. The Labute approximate surface area is 118 Å². The lowest BCUT2D eigenvalue weighted by Crippen LogP contribution is -2.26. The lowest BCUT2D eigenvalue weighted by atomic mass is 9.94. The summed E-state index contributed by atoms with van der Waals surface area (Å²) in [6.45, 7) is 11.7. The van der Waals surface area contributed by atoms with Crippen LogP contribution in [0.3, 0.4) is 0 Å². The fourth-order valence-electron chi connectivity index (χ4n) is 1.83. The van der Waals surface area contributed by atoms with E-state index in [0.29, 0.717) is 5.92 Å². The summed E-state index contributed by atoms with van der Waals surface area (Å²) in [6.07, 6.45) is 4.16. The van der Waals surface area contributed by atoms with Crippen LogP contribution in [0.15, 0.2) is 0 Å². The van der Waals surface area contributed by atoms with Crippen LogP contribution in [0.4, 0.5) is 0 Å². The first kappa shape index (κ1) is 18.1. The fraction of sp³-hybridized carbons (Fsp3) is 0.875. The van der Waals surface area contributed by atoms with Crippen molar-refractivity contribution < 1.29 is 14.3 Å². The average Bonchev–Trinajstić information content (AvgIpc) is 2.25. The van der Waals surface area contributed by atoms with Crippen molar-refractivity contribution >= 4 is 11.8 Å². The molecule has 0 aromatic carbocycles. The highest BCUT2D eigenvalue weighted by Gasteiger charge is 2.21. The van der Waals surface area contributed by atoms with Gasteiger partial charge in [-0.15, -0.1) is 0 Å². The monoisotopic (exact) mass is 270 g/mol. The molecule has 0 aromatic heterocycles. The van der Waals surface area contributed by atoms with Gasteiger partial charge in [0.2, 0.25) is 0 Å². The molecule has 0 heterocycles. The Balaban J connectivity index is 3.97. The van der Waals surface area contributed by atoms with Gasteiger partial charge in [-0.05, 0) is 33.1 Å². The molecule has 112 valence electrons. The summed E-state index contributed by atoms with van der Waals surface area (Å²) in [6, 6.07) is 0. The second kappa shape index (κ2) is 8.34. The van der Waals surface area contributed by atoms with Crippen molar-refractivity contribution in [1.29, 1.82) is 0 Å². The van der Waals surface area contributed by atoms with E-state index in [0.717, 1.165) is 19.3 Å². The van der Waals surface area contributed by atoms with E-state index in [1.165, 1.54) is 6.42 Å². The van der Waals surface area contributed by atoms with Gasteiger partial charge in [-0.1, -0.05) is 40.0 Å². The lowest BCUT2D eigenvalue weighted by Gasteiger charge is -2.20. The van der Waals surface area contributed by atoms with Crippen LogP contribution >= 0.6 is 0 Å². The molecule has 0 aliphatic heterocycles. The third-order valence-electron chi connectivity index (χ3n) is 3.32. The van der Waals surface area contributed by atoms with Crippen LogP contribution in [0.1, 0.15) is 73.6 Å². The van der Waals surface area contributed by atoms with Gasteiger partial charge in [-0.2, -0.15) is 0 Å². The molecular weight excluding hydrogens is 240 g/mol. The predicted octanol–water partition coefficient (Wildman–Crippen LogP) is 4.14. The SMILES string of the molecule is CC[C@@H](C)CCC[C@@H](C)C(=O)CC(=O)OC(C)(C)C. The predicted molar refractivity (Wildman–Crippen MR) is 77.9 cm³/mol. The molecule has 0 N–H and O–H groups in total. The maximum atomic E-state index is 11.9. The summed E-state index contributed by atoms with van der Waals surface area (Å²) in [4.78, 5) is 23.4. The van der Waals surface area contributed by atoms with E-state index in [4.69, 9.17) is 4.74 Å². The van der Waals surface area contributed by atoms with Gasteiger partial charge in [0.15, 0.2) is 0 Å². The summed E-state index contributed by atoms with van der Waals surface area (Å²) in [5.74, 6) is 0.259. The minimum atomic E-state index is -0.517. The standard InChI is InChI=1S/C16H30O3/c1-7-12(2)9-8-10-13(3)14(17)11-15(18)19-16(4,5)6/h12-13H,7-11H2,1-6H3/t12-,13-/m1/s1. The Bertz CT molecular complexity index is 289. The lowest BCUT2D eigenvalue weighted by molar-refractivity contribution is -0.156. The van der Waals surface area contributed by atoms with Crippen molar-refractivity contribution in [2.24, 2.45) is 11.8 Å². The Hall–Kier alpha value is -0.860. The summed E-state index contributed by atoms with van der Waals surface area (Å²) in [5.41, 5.74) is -0.517. The van der Waals surface area contributed by atoms with Gasteiger partial charge in [0.1, 0.15) is 17.8 Å². The molecule has 0 amide bonds. The third kappa shape index (κ3) is 9.69. The van der Waals surface area contributed by atoms with Gasteiger partial charge in [0.25, 0.3) is 0 Å². The topological polar surface area (TPSA) is 43.4 Å². The zero-order chi connectivity index (χ0) is 15.1. The van der Waals surface area contributed by atoms with Gasteiger partial charge in [0.05, 0.1) is 0 Å². The number of esters is 1. The first-order valence-corrected chi connectivity index (χ1v) is 7.40. The molecule has 0 fully saturated rings. The van der Waals surface area contributed by atoms with Gasteiger partial charge >= 0.3 is 5.97 Å². The van der Waals surface area contributed by atoms with Crippen molar-refractivity contribution in [2.75, 3.05) is 0 Å². The van der Waals surface area contributed by atoms with Crippen molar-refractivity contribution in [1.82, 2.24) is 0 Å². The number of Topliss-reactive ketones (excluding diaryl/α,β-unsaturated/α-hetero) is 1. The first-order chi connectivity index (χ1) is 8.65. The molecule has 0 bridgehead atoms. The minimum absolute atomic E-state index is 0.00148. The zero-order valence-electron chi connectivity index (χ0n) is 13.4. The first-order valence-electron chi connectivity index (χ1n) is 7.40. The van der Waals surface area contributed by atoms with E-state index >= 15 is 0 Å². The molecule has 0 unspecified atom stereocenters. The zero-order valence-corrected chi connectivity index (χ0v) is 13.4. The van der Waals surface area contributed by atoms with Crippen molar-refractivity contribution in [3.8, 4) is 0 Å². The Morgan fingerprint density at radius 3 is 2.16 bits per heavy atom. The quantitative estimate of drug-likeness (QED) is 0.492. The molecule has 0 radical (unpaired) electrons. The molecule has 0 spiro atoms. The van der Waals surface area contributed by atoms with Crippen LogP contribution < -0.4 is 0 Å². The molecule has 0 saturated heterocycles. The largest absolute Gasteiger partial charge is 0.460 e. The Kier molecular flexibility index (Phi) is 7.96. The fourth-order valence-corrected chi connectivity index (χ4v) is 1.83. The van der Waals surface area contributed by atoms with Crippen LogP contribution in [0.5, 0.6) is 0 Å². The van der Waals surface area contributed by atoms with Crippen LogP contribution in [0, 0.1) is 11.8 Å². The van der Waals surface area contributed by atoms with E-state index in [1.54, 1.807) is 0 Å².